The number of benzene rings is 3. The summed E-state index contributed by atoms with van der Waals surface area (Å²) in [5.74, 6) is 0.110. The average molecular weight is 564 g/mol. The van der Waals surface area contributed by atoms with Crippen LogP contribution in [0.25, 0.3) is 10.9 Å². The number of H-pyrrole nitrogens is 1. The number of pyridine rings is 1. The van der Waals surface area contributed by atoms with Gasteiger partial charge in [-0.3, -0.25) is 9.69 Å². The summed E-state index contributed by atoms with van der Waals surface area (Å²) in [4.78, 5) is 27.0. The van der Waals surface area contributed by atoms with Gasteiger partial charge in [-0.25, -0.2) is 9.18 Å². The van der Waals surface area contributed by atoms with Crippen LogP contribution in [-0.4, -0.2) is 46.1 Å². The van der Waals surface area contributed by atoms with Gasteiger partial charge >= 0.3 is 6.09 Å². The molecule has 0 aliphatic rings. The SMILES string of the molecule is O=C(O)N(Cc1cccc(OCCCCCCNC[C@H](O)c2ccc(O)c3[nH]c(=O)ccc23)c1)c1cccc(F)c1. The fourth-order valence-electron chi connectivity index (χ4n) is 4.62. The highest BCUT2D eigenvalue weighted by molar-refractivity contribution is 5.87. The highest BCUT2D eigenvalue weighted by Crippen LogP contribution is 2.28. The Balaban J connectivity index is 1.14. The van der Waals surface area contributed by atoms with Crippen molar-refractivity contribution in [2.75, 3.05) is 24.6 Å². The number of hydrogen-bond acceptors (Lipinski definition) is 6. The molecule has 0 aliphatic heterocycles. The summed E-state index contributed by atoms with van der Waals surface area (Å²) < 4.78 is 19.4. The summed E-state index contributed by atoms with van der Waals surface area (Å²) in [5, 5.41) is 34.1. The molecular weight excluding hydrogens is 529 g/mol. The van der Waals surface area contributed by atoms with Crippen molar-refractivity contribution in [3.63, 3.8) is 0 Å². The second kappa shape index (κ2) is 14.3. The van der Waals surface area contributed by atoms with Gasteiger partial charge in [0.05, 0.1) is 30.5 Å². The van der Waals surface area contributed by atoms with Crippen molar-refractivity contribution in [3.8, 4) is 11.5 Å². The van der Waals surface area contributed by atoms with E-state index in [1.54, 1.807) is 36.4 Å². The molecule has 4 rings (SSSR count). The number of hydrogen-bond donors (Lipinski definition) is 5. The molecular formula is C31H34FN3O6. The quantitative estimate of drug-likeness (QED) is 0.131. The summed E-state index contributed by atoms with van der Waals surface area (Å²) in [5.41, 5.74) is 1.62. The van der Waals surface area contributed by atoms with Gasteiger partial charge in [0, 0.05) is 18.0 Å². The number of aliphatic hydroxyl groups is 1. The minimum atomic E-state index is -1.17. The molecule has 1 atom stereocenters. The first-order valence-electron chi connectivity index (χ1n) is 13.5. The van der Waals surface area contributed by atoms with E-state index < -0.39 is 18.0 Å². The fraction of sp³-hybridized carbons (Fsp3) is 0.290. The van der Waals surface area contributed by atoms with E-state index in [1.807, 2.05) is 6.07 Å². The van der Waals surface area contributed by atoms with Crippen molar-refractivity contribution in [3.05, 3.63) is 100 Å². The van der Waals surface area contributed by atoms with Gasteiger partial charge in [-0.1, -0.05) is 37.1 Å². The number of rotatable bonds is 14. The maximum Gasteiger partial charge on any atom is 0.412 e. The third-order valence-electron chi connectivity index (χ3n) is 6.71. The van der Waals surface area contributed by atoms with Gasteiger partial charge in [0.2, 0.25) is 5.56 Å². The fourth-order valence-corrected chi connectivity index (χ4v) is 4.62. The van der Waals surface area contributed by atoms with Crippen LogP contribution in [0, 0.1) is 5.82 Å². The molecule has 4 aromatic rings. The molecule has 1 aromatic heterocycles. The van der Waals surface area contributed by atoms with E-state index in [4.69, 9.17) is 4.74 Å². The number of carbonyl (C=O) groups is 1. The second-order valence-corrected chi connectivity index (χ2v) is 9.76. The predicted molar refractivity (Wildman–Crippen MR) is 155 cm³/mol. The average Bonchev–Trinajstić information content (AvgIpc) is 2.95. The lowest BCUT2D eigenvalue weighted by molar-refractivity contribution is 0.176. The number of nitrogens with zero attached hydrogens (tertiary/aromatic N) is 1. The number of aromatic hydroxyl groups is 1. The molecule has 0 aliphatic carbocycles. The standard InChI is InChI=1S/C31H34FN3O6/c32-22-8-6-9-23(18-22)35(31(39)40)20-21-7-5-10-24(17-21)41-16-4-2-1-3-15-33-19-28(37)25-11-13-27(36)30-26(25)12-14-29(38)34-30/h5-14,17-18,28,33,36-37H,1-4,15-16,19-20H2,(H,34,38)(H,39,40)/t28-/m0/s1. The topological polar surface area (TPSA) is 135 Å². The highest BCUT2D eigenvalue weighted by atomic mass is 19.1. The number of aromatic nitrogens is 1. The Hall–Kier alpha value is -4.41. The number of phenolic OH excluding ortho intramolecular Hbond substituents is 1. The Labute approximate surface area is 236 Å². The zero-order chi connectivity index (χ0) is 29.2. The summed E-state index contributed by atoms with van der Waals surface area (Å²) >= 11 is 0. The number of ether oxygens (including phenoxy) is 1. The van der Waals surface area contributed by atoms with Crippen molar-refractivity contribution in [1.82, 2.24) is 10.3 Å². The number of anilines is 1. The van der Waals surface area contributed by atoms with Crippen LogP contribution in [-0.2, 0) is 6.54 Å². The van der Waals surface area contributed by atoms with Gasteiger partial charge in [-0.2, -0.15) is 0 Å². The van der Waals surface area contributed by atoms with E-state index in [-0.39, 0.29) is 23.5 Å². The number of unbranched alkanes of at least 4 members (excludes halogenated alkanes) is 3. The Morgan fingerprint density at radius 1 is 1.00 bits per heavy atom. The monoisotopic (exact) mass is 563 g/mol. The first-order chi connectivity index (χ1) is 19.8. The molecule has 0 spiro atoms. The van der Waals surface area contributed by atoms with E-state index >= 15 is 0 Å². The van der Waals surface area contributed by atoms with Crippen LogP contribution in [0.5, 0.6) is 11.5 Å². The molecule has 1 heterocycles. The Kier molecular flexibility index (Phi) is 10.3. The number of fused-ring (bicyclic) bond motifs is 1. The predicted octanol–water partition coefficient (Wildman–Crippen LogP) is 5.32. The van der Waals surface area contributed by atoms with Crippen molar-refractivity contribution >= 4 is 22.7 Å². The number of amides is 1. The second-order valence-electron chi connectivity index (χ2n) is 9.76. The van der Waals surface area contributed by atoms with Crippen molar-refractivity contribution in [1.29, 1.82) is 0 Å². The first kappa shape index (κ1) is 29.6. The molecule has 3 aromatic carbocycles. The molecule has 0 bridgehead atoms. The third kappa shape index (κ3) is 8.29. The van der Waals surface area contributed by atoms with Crippen LogP contribution in [0.15, 0.2) is 77.6 Å². The number of halogens is 1. The van der Waals surface area contributed by atoms with Crippen LogP contribution < -0.4 is 20.5 Å². The van der Waals surface area contributed by atoms with E-state index in [0.717, 1.165) is 42.7 Å². The minimum absolute atomic E-state index is 0.0380. The molecule has 9 nitrogen and oxygen atoms in total. The molecule has 0 fully saturated rings. The van der Waals surface area contributed by atoms with E-state index in [1.165, 1.54) is 30.3 Å². The number of nitrogens with one attached hydrogen (secondary N) is 2. The summed E-state index contributed by atoms with van der Waals surface area (Å²) in [7, 11) is 0. The Morgan fingerprint density at radius 3 is 2.61 bits per heavy atom. The molecule has 0 unspecified atom stereocenters. The van der Waals surface area contributed by atoms with Crippen LogP contribution in [0.3, 0.4) is 0 Å². The van der Waals surface area contributed by atoms with Gasteiger partial charge in [0.25, 0.3) is 0 Å². The van der Waals surface area contributed by atoms with Gasteiger partial charge in [-0.15, -0.1) is 0 Å². The Morgan fingerprint density at radius 2 is 1.80 bits per heavy atom. The summed E-state index contributed by atoms with van der Waals surface area (Å²) in [6, 6.07) is 18.8. The molecule has 10 heteroatoms. The lowest BCUT2D eigenvalue weighted by Gasteiger charge is -2.20. The summed E-state index contributed by atoms with van der Waals surface area (Å²) in [6.45, 7) is 1.67. The Bertz CT molecular complexity index is 1530. The molecule has 41 heavy (non-hydrogen) atoms. The largest absolute Gasteiger partial charge is 0.506 e. The zero-order valence-corrected chi connectivity index (χ0v) is 22.6. The molecule has 0 radical (unpaired) electrons. The normalized spacial score (nSPS) is 11.9. The summed E-state index contributed by atoms with van der Waals surface area (Å²) in [6.07, 6.45) is 1.77. The van der Waals surface area contributed by atoms with Gasteiger partial charge in [-0.05, 0) is 73.0 Å². The number of carboxylic acid groups (broad SMARTS) is 1. The minimum Gasteiger partial charge on any atom is -0.506 e. The smallest absolute Gasteiger partial charge is 0.412 e. The number of phenols is 1. The van der Waals surface area contributed by atoms with Crippen LogP contribution in [0.1, 0.15) is 42.9 Å². The first-order valence-corrected chi connectivity index (χ1v) is 13.5. The van der Waals surface area contributed by atoms with Crippen molar-refractivity contribution in [2.24, 2.45) is 0 Å². The lowest BCUT2D eigenvalue weighted by atomic mass is 10.0. The maximum absolute atomic E-state index is 13.6. The van der Waals surface area contributed by atoms with Crippen molar-refractivity contribution in [2.45, 2.75) is 38.3 Å². The van der Waals surface area contributed by atoms with Gasteiger partial charge in [0.15, 0.2) is 0 Å². The molecule has 1 amide bonds. The third-order valence-corrected chi connectivity index (χ3v) is 6.71. The highest BCUT2D eigenvalue weighted by Gasteiger charge is 2.16. The molecule has 0 saturated heterocycles. The molecule has 5 N–H and O–H groups in total. The molecule has 216 valence electrons. The van der Waals surface area contributed by atoms with Gasteiger partial charge in [0.1, 0.15) is 17.3 Å². The zero-order valence-electron chi connectivity index (χ0n) is 22.6. The van der Waals surface area contributed by atoms with E-state index in [9.17, 15) is 29.3 Å². The van der Waals surface area contributed by atoms with Crippen LogP contribution in [0.2, 0.25) is 0 Å². The number of aromatic amines is 1. The van der Waals surface area contributed by atoms with E-state index in [2.05, 4.69) is 10.3 Å². The van der Waals surface area contributed by atoms with E-state index in [0.29, 0.717) is 35.4 Å². The maximum atomic E-state index is 13.6. The van der Waals surface area contributed by atoms with Crippen molar-refractivity contribution < 1.29 is 29.2 Å². The molecule has 0 saturated carbocycles. The lowest BCUT2D eigenvalue weighted by Crippen LogP contribution is -2.28. The number of aliphatic hydroxyl groups excluding tert-OH is 1. The van der Waals surface area contributed by atoms with Gasteiger partial charge < -0.3 is 30.4 Å². The van der Waals surface area contributed by atoms with Crippen LogP contribution in [0.4, 0.5) is 14.9 Å². The van der Waals surface area contributed by atoms with Crippen LogP contribution >= 0.6 is 0 Å².